The molecule has 0 N–H and O–H groups in total. The first-order valence-corrected chi connectivity index (χ1v) is 7.20. The lowest BCUT2D eigenvalue weighted by atomic mass is 9.52. The van der Waals surface area contributed by atoms with Crippen LogP contribution in [0.5, 0.6) is 0 Å². The monoisotopic (exact) mass is 235 g/mol. The maximum atomic E-state index is 12.0. The van der Waals surface area contributed by atoms with E-state index in [1.165, 1.54) is 38.5 Å². The molecule has 1 aliphatic heterocycles. The number of nitrogens with zero attached hydrogens (tertiary/aromatic N) is 1. The van der Waals surface area contributed by atoms with Crippen molar-refractivity contribution >= 4 is 6.09 Å². The third-order valence-electron chi connectivity index (χ3n) is 5.55. The second-order valence-corrected chi connectivity index (χ2v) is 6.76. The lowest BCUT2D eigenvalue weighted by molar-refractivity contribution is -0.0909. The van der Waals surface area contributed by atoms with Crippen LogP contribution in [0.25, 0.3) is 0 Å². The average Bonchev–Trinajstić information content (AvgIpc) is 2.27. The second kappa shape index (κ2) is 3.39. The van der Waals surface area contributed by atoms with Gasteiger partial charge in [-0.25, -0.2) is 4.79 Å². The van der Waals surface area contributed by atoms with Crippen LogP contribution in [0, 0.1) is 17.8 Å². The number of rotatable bonds is 1. The summed E-state index contributed by atoms with van der Waals surface area (Å²) in [4.78, 5) is 14.1. The van der Waals surface area contributed by atoms with Crippen LogP contribution >= 0.6 is 0 Å². The van der Waals surface area contributed by atoms with E-state index in [0.29, 0.717) is 6.61 Å². The van der Waals surface area contributed by atoms with Gasteiger partial charge in [0.25, 0.3) is 0 Å². The van der Waals surface area contributed by atoms with Crippen LogP contribution in [-0.2, 0) is 4.74 Å². The van der Waals surface area contributed by atoms with E-state index >= 15 is 0 Å². The summed E-state index contributed by atoms with van der Waals surface area (Å²) in [5, 5.41) is 0. The summed E-state index contributed by atoms with van der Waals surface area (Å²) in [7, 11) is 0. The fourth-order valence-electron chi connectivity index (χ4n) is 5.38. The molecule has 0 spiro atoms. The number of cyclic esters (lactones) is 1. The van der Waals surface area contributed by atoms with Gasteiger partial charge in [-0.05, 0) is 62.7 Å². The zero-order valence-electron chi connectivity index (χ0n) is 10.4. The summed E-state index contributed by atoms with van der Waals surface area (Å²) >= 11 is 0. The molecule has 94 valence electrons. The standard InChI is InChI=1S/C14H21NO2/c16-13-15(2-1-3-17-13)14-7-10-4-11(8-14)6-12(5-10)9-14/h10-12H,1-9H2. The molecule has 0 aromatic carbocycles. The quantitative estimate of drug-likeness (QED) is 0.699. The van der Waals surface area contributed by atoms with Crippen molar-refractivity contribution in [3.8, 4) is 0 Å². The molecule has 1 amide bonds. The van der Waals surface area contributed by atoms with E-state index in [-0.39, 0.29) is 11.6 Å². The van der Waals surface area contributed by atoms with E-state index in [1.54, 1.807) is 0 Å². The van der Waals surface area contributed by atoms with Gasteiger partial charge in [0.15, 0.2) is 0 Å². The Morgan fingerprint density at radius 1 is 1.06 bits per heavy atom. The van der Waals surface area contributed by atoms with Crippen LogP contribution in [0.4, 0.5) is 4.79 Å². The number of ether oxygens (including phenoxy) is 1. The van der Waals surface area contributed by atoms with Gasteiger partial charge in [-0.15, -0.1) is 0 Å². The van der Waals surface area contributed by atoms with Crippen molar-refractivity contribution in [2.24, 2.45) is 17.8 Å². The highest BCUT2D eigenvalue weighted by molar-refractivity contribution is 5.69. The Balaban J connectivity index is 1.65. The molecular formula is C14H21NO2. The molecule has 5 rings (SSSR count). The molecule has 0 aromatic rings. The van der Waals surface area contributed by atoms with Gasteiger partial charge in [-0.1, -0.05) is 0 Å². The van der Waals surface area contributed by atoms with E-state index in [0.717, 1.165) is 30.7 Å². The van der Waals surface area contributed by atoms with Gasteiger partial charge in [0.1, 0.15) is 0 Å². The predicted molar refractivity (Wildman–Crippen MR) is 63.6 cm³/mol. The topological polar surface area (TPSA) is 29.5 Å². The molecule has 0 atom stereocenters. The van der Waals surface area contributed by atoms with Crippen LogP contribution in [0.15, 0.2) is 0 Å². The number of carbonyl (C=O) groups is 1. The number of hydrogen-bond acceptors (Lipinski definition) is 2. The lowest BCUT2D eigenvalue weighted by Gasteiger charge is -2.60. The SMILES string of the molecule is O=C1OCCCN1C12CC3CC(CC(C3)C1)C2. The van der Waals surface area contributed by atoms with Gasteiger partial charge in [-0.3, -0.25) is 0 Å². The number of amides is 1. The van der Waals surface area contributed by atoms with Gasteiger partial charge in [0, 0.05) is 12.1 Å². The minimum atomic E-state index is -0.0294. The Hall–Kier alpha value is -0.730. The second-order valence-electron chi connectivity index (χ2n) is 6.76. The summed E-state index contributed by atoms with van der Waals surface area (Å²) in [5.41, 5.74) is 0.201. The first-order chi connectivity index (χ1) is 8.25. The van der Waals surface area contributed by atoms with Crippen molar-refractivity contribution in [1.29, 1.82) is 0 Å². The summed E-state index contributed by atoms with van der Waals surface area (Å²) in [6.45, 7) is 1.56. The molecule has 0 unspecified atom stereocenters. The molecule has 0 aromatic heterocycles. The van der Waals surface area contributed by atoms with Crippen LogP contribution in [0.1, 0.15) is 44.9 Å². The van der Waals surface area contributed by atoms with Gasteiger partial charge >= 0.3 is 6.09 Å². The normalized spacial score (nSPS) is 48.4. The van der Waals surface area contributed by atoms with Crippen molar-refractivity contribution < 1.29 is 9.53 Å². The molecule has 1 heterocycles. The molecule has 5 fully saturated rings. The third-order valence-corrected chi connectivity index (χ3v) is 5.55. The summed E-state index contributed by atoms with van der Waals surface area (Å²) < 4.78 is 5.27. The molecular weight excluding hydrogens is 214 g/mol. The van der Waals surface area contributed by atoms with E-state index in [9.17, 15) is 4.79 Å². The number of hydrogen-bond donors (Lipinski definition) is 0. The highest BCUT2D eigenvalue weighted by Gasteiger charge is 2.55. The molecule has 3 heteroatoms. The van der Waals surface area contributed by atoms with Crippen molar-refractivity contribution in [1.82, 2.24) is 4.90 Å². The van der Waals surface area contributed by atoms with E-state index in [1.807, 2.05) is 0 Å². The van der Waals surface area contributed by atoms with Crippen LogP contribution in [-0.4, -0.2) is 29.7 Å². The highest BCUT2D eigenvalue weighted by atomic mass is 16.6. The van der Waals surface area contributed by atoms with Crippen molar-refractivity contribution in [2.75, 3.05) is 13.2 Å². The lowest BCUT2D eigenvalue weighted by Crippen LogP contribution is -2.62. The minimum absolute atomic E-state index is 0.0294. The molecule has 4 aliphatic carbocycles. The minimum Gasteiger partial charge on any atom is -0.449 e. The predicted octanol–water partition coefficient (Wildman–Crippen LogP) is 2.80. The van der Waals surface area contributed by atoms with Gasteiger partial charge in [0.05, 0.1) is 6.61 Å². The Morgan fingerprint density at radius 3 is 2.18 bits per heavy atom. The first kappa shape index (κ1) is 10.2. The van der Waals surface area contributed by atoms with Crippen LogP contribution < -0.4 is 0 Å². The van der Waals surface area contributed by atoms with Crippen molar-refractivity contribution in [3.63, 3.8) is 0 Å². The zero-order chi connectivity index (χ0) is 11.5. The number of carbonyl (C=O) groups excluding carboxylic acids is 1. The zero-order valence-corrected chi connectivity index (χ0v) is 10.4. The van der Waals surface area contributed by atoms with Crippen molar-refractivity contribution in [2.45, 2.75) is 50.5 Å². The Bertz CT molecular complexity index is 317. The largest absolute Gasteiger partial charge is 0.449 e. The maximum Gasteiger partial charge on any atom is 0.410 e. The molecule has 1 saturated heterocycles. The molecule has 17 heavy (non-hydrogen) atoms. The molecule has 4 saturated carbocycles. The van der Waals surface area contributed by atoms with E-state index < -0.39 is 0 Å². The fourth-order valence-corrected chi connectivity index (χ4v) is 5.38. The Labute approximate surface area is 102 Å². The molecule has 4 bridgehead atoms. The summed E-state index contributed by atoms with van der Waals surface area (Å²) in [6, 6.07) is 0. The smallest absolute Gasteiger partial charge is 0.410 e. The van der Waals surface area contributed by atoms with Gasteiger partial charge < -0.3 is 9.64 Å². The van der Waals surface area contributed by atoms with Crippen LogP contribution in [0.2, 0.25) is 0 Å². The first-order valence-electron chi connectivity index (χ1n) is 7.20. The Morgan fingerprint density at radius 2 is 1.65 bits per heavy atom. The molecule has 0 radical (unpaired) electrons. The van der Waals surface area contributed by atoms with Crippen LogP contribution in [0.3, 0.4) is 0 Å². The third kappa shape index (κ3) is 1.44. The Kier molecular flexibility index (Phi) is 2.04. The van der Waals surface area contributed by atoms with E-state index in [2.05, 4.69) is 4.90 Å². The molecule has 5 aliphatic rings. The summed E-state index contributed by atoms with van der Waals surface area (Å²) in [5.74, 6) is 2.70. The van der Waals surface area contributed by atoms with Crippen molar-refractivity contribution in [3.05, 3.63) is 0 Å². The van der Waals surface area contributed by atoms with Gasteiger partial charge in [-0.2, -0.15) is 0 Å². The average molecular weight is 235 g/mol. The fraction of sp³-hybridized carbons (Fsp3) is 0.929. The summed E-state index contributed by atoms with van der Waals surface area (Å²) in [6.07, 6.45) is 9.06. The maximum absolute atomic E-state index is 12.0. The molecule has 3 nitrogen and oxygen atoms in total. The van der Waals surface area contributed by atoms with Gasteiger partial charge in [0.2, 0.25) is 0 Å². The highest BCUT2D eigenvalue weighted by Crippen LogP contribution is 2.58. The van der Waals surface area contributed by atoms with E-state index in [4.69, 9.17) is 4.74 Å².